The van der Waals surface area contributed by atoms with E-state index in [4.69, 9.17) is 0 Å². The van der Waals surface area contributed by atoms with Crippen LogP contribution in [0.5, 0.6) is 0 Å². The molecular formula is C7H10. The minimum atomic E-state index is 1.09. The minimum Gasteiger partial charge on any atom is -0.0473 e. The molecule has 0 aliphatic heterocycles. The van der Waals surface area contributed by atoms with Crippen molar-refractivity contribution < 1.29 is 0 Å². The van der Waals surface area contributed by atoms with Crippen molar-refractivity contribution in [2.75, 3.05) is 0 Å². The van der Waals surface area contributed by atoms with Crippen LogP contribution >= 0.6 is 0 Å². The van der Waals surface area contributed by atoms with E-state index in [9.17, 15) is 0 Å². The number of hydrogen-bond donors (Lipinski definition) is 0. The first-order valence-electron chi connectivity index (χ1n) is 3.10. The molecule has 3 aliphatic rings. The van der Waals surface area contributed by atoms with Gasteiger partial charge in [0.25, 0.3) is 0 Å². The van der Waals surface area contributed by atoms with Crippen LogP contribution in [0.2, 0.25) is 0 Å². The monoisotopic (exact) mass is 94.1 g/mol. The second-order valence-corrected chi connectivity index (χ2v) is 2.75. The largest absolute Gasteiger partial charge is 0.0473 e. The highest BCUT2D eigenvalue weighted by atomic mass is 14.4. The summed E-state index contributed by atoms with van der Waals surface area (Å²) in [4.78, 5) is 0. The van der Waals surface area contributed by atoms with E-state index in [0.29, 0.717) is 0 Å². The molecule has 0 atom stereocenters. The maximum atomic E-state index is 2.42. The molecule has 3 rings (SSSR count). The Hall–Kier alpha value is 0. The van der Waals surface area contributed by atoms with Gasteiger partial charge in [-0.1, -0.05) is 0 Å². The lowest BCUT2D eigenvalue weighted by molar-refractivity contribution is 0.296. The van der Waals surface area contributed by atoms with Crippen LogP contribution < -0.4 is 0 Å². The molecule has 0 aromatic carbocycles. The molecule has 3 saturated carbocycles. The van der Waals surface area contributed by atoms with Gasteiger partial charge in [-0.2, -0.15) is 0 Å². The normalized spacial score (nSPS) is 32.6. The summed E-state index contributed by atoms with van der Waals surface area (Å²) in [6.07, 6.45) is 8.11. The SMILES string of the molecule is [CH]1C[C]2CC(C1)C2. The van der Waals surface area contributed by atoms with E-state index < -0.39 is 0 Å². The number of hydrogen-bond acceptors (Lipinski definition) is 0. The first kappa shape index (κ1) is 3.94. The van der Waals surface area contributed by atoms with E-state index >= 15 is 0 Å². The molecule has 0 heterocycles. The second-order valence-electron chi connectivity index (χ2n) is 2.75. The van der Waals surface area contributed by atoms with Gasteiger partial charge < -0.3 is 0 Å². The molecule has 0 nitrogen and oxygen atoms in total. The smallest absolute Gasteiger partial charge is 0.0233 e. The molecule has 0 spiro atoms. The van der Waals surface area contributed by atoms with Crippen LogP contribution in [0, 0.1) is 18.3 Å². The van der Waals surface area contributed by atoms with Gasteiger partial charge in [-0.15, -0.1) is 0 Å². The fourth-order valence-electron chi connectivity index (χ4n) is 1.61. The van der Waals surface area contributed by atoms with Crippen LogP contribution in [-0.2, 0) is 0 Å². The van der Waals surface area contributed by atoms with Crippen molar-refractivity contribution in [1.29, 1.82) is 0 Å². The molecule has 3 aliphatic carbocycles. The zero-order valence-corrected chi connectivity index (χ0v) is 4.48. The Bertz CT molecular complexity index is 56.6. The van der Waals surface area contributed by atoms with Crippen molar-refractivity contribution in [2.45, 2.75) is 25.7 Å². The third-order valence-corrected chi connectivity index (χ3v) is 2.09. The van der Waals surface area contributed by atoms with Gasteiger partial charge >= 0.3 is 0 Å². The molecule has 2 radical (unpaired) electrons. The quantitative estimate of drug-likeness (QED) is 0.430. The molecule has 0 saturated heterocycles. The third kappa shape index (κ3) is 0.490. The Morgan fingerprint density at radius 2 is 2.29 bits per heavy atom. The van der Waals surface area contributed by atoms with Crippen LogP contribution in [0.3, 0.4) is 0 Å². The highest BCUT2D eigenvalue weighted by molar-refractivity contribution is 5.11. The van der Waals surface area contributed by atoms with Gasteiger partial charge in [0.05, 0.1) is 0 Å². The fraction of sp³-hybridized carbons (Fsp3) is 0.714. The van der Waals surface area contributed by atoms with Crippen LogP contribution in [0.1, 0.15) is 25.7 Å². The molecule has 7 heavy (non-hydrogen) atoms. The van der Waals surface area contributed by atoms with Crippen molar-refractivity contribution in [2.24, 2.45) is 5.92 Å². The van der Waals surface area contributed by atoms with Gasteiger partial charge in [-0.3, -0.25) is 0 Å². The van der Waals surface area contributed by atoms with Crippen LogP contribution in [0.15, 0.2) is 0 Å². The summed E-state index contributed by atoms with van der Waals surface area (Å²) in [5.41, 5.74) is 0. The van der Waals surface area contributed by atoms with E-state index in [2.05, 4.69) is 6.42 Å². The fourth-order valence-corrected chi connectivity index (χ4v) is 1.61. The van der Waals surface area contributed by atoms with Crippen molar-refractivity contribution >= 4 is 0 Å². The Labute approximate surface area is 44.9 Å². The van der Waals surface area contributed by atoms with E-state index in [1.165, 1.54) is 25.7 Å². The Morgan fingerprint density at radius 1 is 1.43 bits per heavy atom. The van der Waals surface area contributed by atoms with Crippen LogP contribution in [-0.4, -0.2) is 0 Å². The lowest BCUT2D eigenvalue weighted by atomic mass is 9.65. The third-order valence-electron chi connectivity index (χ3n) is 2.09. The molecule has 0 unspecified atom stereocenters. The summed E-state index contributed by atoms with van der Waals surface area (Å²) in [6.45, 7) is 0. The minimum absolute atomic E-state index is 1.09. The van der Waals surface area contributed by atoms with Crippen LogP contribution in [0.25, 0.3) is 0 Å². The molecule has 2 bridgehead atoms. The van der Waals surface area contributed by atoms with Gasteiger partial charge in [-0.25, -0.2) is 0 Å². The van der Waals surface area contributed by atoms with Crippen molar-refractivity contribution in [3.8, 4) is 0 Å². The molecule has 0 N–H and O–H groups in total. The Kier molecular flexibility index (Phi) is 0.697. The topological polar surface area (TPSA) is 0 Å². The van der Waals surface area contributed by atoms with E-state index in [1.54, 1.807) is 5.92 Å². The molecular weight excluding hydrogens is 84.1 g/mol. The van der Waals surface area contributed by atoms with Gasteiger partial charge in [0, 0.05) is 0 Å². The molecule has 38 valence electrons. The lowest BCUT2D eigenvalue weighted by Crippen LogP contribution is -2.26. The zero-order valence-electron chi connectivity index (χ0n) is 4.48. The van der Waals surface area contributed by atoms with E-state index in [1.807, 2.05) is 0 Å². The van der Waals surface area contributed by atoms with E-state index in [-0.39, 0.29) is 0 Å². The summed E-state index contributed by atoms with van der Waals surface area (Å²) in [5, 5.41) is 0. The summed E-state index contributed by atoms with van der Waals surface area (Å²) in [6, 6.07) is 0. The highest BCUT2D eigenvalue weighted by Gasteiger charge is 2.32. The Balaban J connectivity index is 1.99. The molecule has 0 heteroatoms. The standard InChI is InChI=1S/C7H10/c1-2-6-4-7(3-1)5-6/h1,6H,2-5H2. The van der Waals surface area contributed by atoms with Gasteiger partial charge in [0.15, 0.2) is 0 Å². The summed E-state index contributed by atoms with van der Waals surface area (Å²) < 4.78 is 0. The second kappa shape index (κ2) is 1.24. The van der Waals surface area contributed by atoms with Gasteiger partial charge in [0.2, 0.25) is 0 Å². The molecule has 3 fully saturated rings. The predicted molar refractivity (Wildman–Crippen MR) is 29.5 cm³/mol. The average Bonchev–Trinajstić information content (AvgIpc) is 1.67. The first-order valence-corrected chi connectivity index (χ1v) is 3.10. The average molecular weight is 94.2 g/mol. The first-order chi connectivity index (χ1) is 3.45. The summed E-state index contributed by atoms with van der Waals surface area (Å²) in [5.74, 6) is 2.89. The summed E-state index contributed by atoms with van der Waals surface area (Å²) >= 11 is 0. The van der Waals surface area contributed by atoms with Crippen molar-refractivity contribution in [1.82, 2.24) is 0 Å². The number of rotatable bonds is 0. The van der Waals surface area contributed by atoms with E-state index in [0.717, 1.165) is 5.92 Å². The predicted octanol–water partition coefficient (Wildman–Crippen LogP) is 1.97. The lowest BCUT2D eigenvalue weighted by Gasteiger charge is -2.40. The van der Waals surface area contributed by atoms with Crippen molar-refractivity contribution in [3.05, 3.63) is 12.3 Å². The maximum Gasteiger partial charge on any atom is -0.0233 e. The molecule has 0 aromatic rings. The van der Waals surface area contributed by atoms with Gasteiger partial charge in [0.1, 0.15) is 0 Å². The number of fused-ring (bicyclic) bond motifs is 2. The maximum absolute atomic E-state index is 2.42. The molecule has 0 aromatic heterocycles. The molecule has 0 amide bonds. The van der Waals surface area contributed by atoms with Crippen LogP contribution in [0.4, 0.5) is 0 Å². The Morgan fingerprint density at radius 3 is 2.43 bits per heavy atom. The van der Waals surface area contributed by atoms with Crippen molar-refractivity contribution in [3.63, 3.8) is 0 Å². The highest BCUT2D eigenvalue weighted by Crippen LogP contribution is 2.46. The zero-order chi connectivity index (χ0) is 4.69. The van der Waals surface area contributed by atoms with Gasteiger partial charge in [-0.05, 0) is 43.9 Å². The summed E-state index contributed by atoms with van der Waals surface area (Å²) in [7, 11) is 0.